The van der Waals surface area contributed by atoms with Crippen molar-refractivity contribution >= 4 is 29.3 Å². The van der Waals surface area contributed by atoms with E-state index in [0.717, 1.165) is 34.7 Å². The molecule has 4 rings (SSSR count). The molecule has 1 saturated carbocycles. The van der Waals surface area contributed by atoms with E-state index in [1.807, 2.05) is 48.2 Å². The van der Waals surface area contributed by atoms with Crippen molar-refractivity contribution in [3.63, 3.8) is 0 Å². The molecule has 1 aliphatic heterocycles. The van der Waals surface area contributed by atoms with Crippen LogP contribution in [-0.4, -0.2) is 35.1 Å². The first kappa shape index (κ1) is 17.9. The third kappa shape index (κ3) is 3.81. The second-order valence-corrected chi connectivity index (χ2v) is 8.36. The minimum absolute atomic E-state index is 0.00832. The van der Waals surface area contributed by atoms with Gasteiger partial charge in [-0.2, -0.15) is 0 Å². The van der Waals surface area contributed by atoms with E-state index in [1.165, 1.54) is 11.8 Å². The Kier molecular flexibility index (Phi) is 4.83. The van der Waals surface area contributed by atoms with Crippen molar-refractivity contribution in [2.75, 3.05) is 12.4 Å². The molecule has 1 N–H and O–H groups in total. The second-order valence-electron chi connectivity index (χ2n) is 6.97. The van der Waals surface area contributed by atoms with Crippen LogP contribution in [0.4, 0.5) is 5.69 Å². The van der Waals surface area contributed by atoms with Crippen molar-refractivity contribution in [1.82, 2.24) is 4.90 Å². The van der Waals surface area contributed by atoms with E-state index in [4.69, 9.17) is 4.74 Å². The molecule has 5 nitrogen and oxygen atoms in total. The number of methoxy groups -OCH3 is 1. The van der Waals surface area contributed by atoms with Gasteiger partial charge in [-0.1, -0.05) is 12.1 Å². The topological polar surface area (TPSA) is 58.6 Å². The van der Waals surface area contributed by atoms with E-state index in [0.29, 0.717) is 18.2 Å². The van der Waals surface area contributed by atoms with Gasteiger partial charge >= 0.3 is 0 Å². The highest BCUT2D eigenvalue weighted by Crippen LogP contribution is 2.37. The van der Waals surface area contributed by atoms with Gasteiger partial charge in [-0.3, -0.25) is 9.59 Å². The largest absolute Gasteiger partial charge is 0.497 e. The zero-order valence-electron chi connectivity index (χ0n) is 15.4. The number of nitrogens with zero attached hydrogens (tertiary/aromatic N) is 1. The summed E-state index contributed by atoms with van der Waals surface area (Å²) in [5, 5.41) is 2.79. The summed E-state index contributed by atoms with van der Waals surface area (Å²) in [7, 11) is 1.64. The predicted octanol–water partition coefficient (Wildman–Crippen LogP) is 3.93. The molecule has 0 aromatic heterocycles. The van der Waals surface area contributed by atoms with Gasteiger partial charge in [-0.05, 0) is 55.7 Å². The summed E-state index contributed by atoms with van der Waals surface area (Å²) in [6.45, 7) is 2.45. The first-order chi connectivity index (χ1) is 13.0. The van der Waals surface area contributed by atoms with Crippen LogP contribution in [0.25, 0.3) is 0 Å². The molecule has 1 fully saturated rings. The number of amides is 2. The molecule has 2 aliphatic rings. The molecule has 1 atom stereocenters. The molecule has 0 saturated heterocycles. The monoisotopic (exact) mass is 382 g/mol. The van der Waals surface area contributed by atoms with E-state index in [2.05, 4.69) is 5.32 Å². The SMILES string of the molecule is COc1ccc(CN(C(=O)c2ccc3c(c2)NC(=O)C(C)S3)C2CC2)cc1. The lowest BCUT2D eigenvalue weighted by Gasteiger charge is -2.25. The average molecular weight is 382 g/mol. The number of rotatable bonds is 5. The van der Waals surface area contributed by atoms with Crippen molar-refractivity contribution in [3.05, 3.63) is 53.6 Å². The number of benzene rings is 2. The third-order valence-corrected chi connectivity index (χ3v) is 6.10. The van der Waals surface area contributed by atoms with Crippen LogP contribution in [0.5, 0.6) is 5.75 Å². The molecule has 1 unspecified atom stereocenters. The van der Waals surface area contributed by atoms with Gasteiger partial charge in [0.1, 0.15) is 5.75 Å². The standard InChI is InChI=1S/C21H22N2O3S/c1-13-20(24)22-18-11-15(5-10-19(18)27-13)21(25)23(16-6-7-16)12-14-3-8-17(26-2)9-4-14/h3-5,8-11,13,16H,6-7,12H2,1-2H3,(H,22,24). The number of carbonyl (C=O) groups excluding carboxylic acids is 2. The van der Waals surface area contributed by atoms with Crippen LogP contribution >= 0.6 is 11.8 Å². The maximum atomic E-state index is 13.2. The van der Waals surface area contributed by atoms with Gasteiger partial charge in [0.05, 0.1) is 18.0 Å². The highest BCUT2D eigenvalue weighted by molar-refractivity contribution is 8.00. The molecule has 0 radical (unpaired) electrons. The lowest BCUT2D eigenvalue weighted by Crippen LogP contribution is -2.33. The molecule has 27 heavy (non-hydrogen) atoms. The van der Waals surface area contributed by atoms with Crippen LogP contribution in [-0.2, 0) is 11.3 Å². The Bertz CT molecular complexity index is 877. The van der Waals surface area contributed by atoms with Gasteiger partial charge in [0.25, 0.3) is 5.91 Å². The number of carbonyl (C=O) groups is 2. The van der Waals surface area contributed by atoms with E-state index >= 15 is 0 Å². The smallest absolute Gasteiger partial charge is 0.254 e. The molecule has 2 aromatic rings. The Balaban J connectivity index is 1.55. The highest BCUT2D eigenvalue weighted by atomic mass is 32.2. The minimum atomic E-state index is -0.114. The first-order valence-electron chi connectivity index (χ1n) is 9.10. The van der Waals surface area contributed by atoms with E-state index in [1.54, 1.807) is 13.2 Å². The molecule has 1 aliphatic carbocycles. The quantitative estimate of drug-likeness (QED) is 0.851. The van der Waals surface area contributed by atoms with Crippen LogP contribution in [0.3, 0.4) is 0 Å². The van der Waals surface area contributed by atoms with Gasteiger partial charge in [0.15, 0.2) is 0 Å². The first-order valence-corrected chi connectivity index (χ1v) is 9.98. The maximum absolute atomic E-state index is 13.2. The molecular formula is C21H22N2O3S. The van der Waals surface area contributed by atoms with E-state index in [9.17, 15) is 9.59 Å². The molecule has 140 valence electrons. The Hall–Kier alpha value is -2.47. The second kappa shape index (κ2) is 7.27. The average Bonchev–Trinajstić information content (AvgIpc) is 3.52. The maximum Gasteiger partial charge on any atom is 0.254 e. The number of anilines is 1. The van der Waals surface area contributed by atoms with Gasteiger partial charge in [0.2, 0.25) is 5.91 Å². The molecule has 2 amide bonds. The highest BCUT2D eigenvalue weighted by Gasteiger charge is 2.33. The van der Waals surface area contributed by atoms with Crippen LogP contribution in [0.2, 0.25) is 0 Å². The number of fused-ring (bicyclic) bond motifs is 1. The van der Waals surface area contributed by atoms with Crippen molar-refractivity contribution in [2.24, 2.45) is 0 Å². The lowest BCUT2D eigenvalue weighted by molar-refractivity contribution is -0.115. The molecule has 6 heteroatoms. The fourth-order valence-electron chi connectivity index (χ4n) is 3.19. The van der Waals surface area contributed by atoms with E-state index in [-0.39, 0.29) is 17.1 Å². The summed E-state index contributed by atoms with van der Waals surface area (Å²) < 4.78 is 5.20. The fraction of sp³-hybridized carbons (Fsp3) is 0.333. The van der Waals surface area contributed by atoms with Crippen molar-refractivity contribution in [2.45, 2.75) is 42.5 Å². The van der Waals surface area contributed by atoms with Crippen molar-refractivity contribution < 1.29 is 14.3 Å². The van der Waals surface area contributed by atoms with Crippen LogP contribution in [0.15, 0.2) is 47.4 Å². The number of nitrogens with one attached hydrogen (secondary N) is 1. The van der Waals surface area contributed by atoms with Crippen molar-refractivity contribution in [3.8, 4) is 5.75 Å². The van der Waals surface area contributed by atoms with Crippen LogP contribution in [0.1, 0.15) is 35.7 Å². The predicted molar refractivity (Wildman–Crippen MR) is 106 cm³/mol. The molecule has 2 aromatic carbocycles. The van der Waals surface area contributed by atoms with Crippen LogP contribution in [0, 0.1) is 0 Å². The Labute approximate surface area is 163 Å². The molecule has 1 heterocycles. The number of ether oxygens (including phenoxy) is 1. The van der Waals surface area contributed by atoms with Gasteiger partial charge in [-0.15, -0.1) is 11.8 Å². The van der Waals surface area contributed by atoms with Gasteiger partial charge in [0, 0.05) is 23.0 Å². The number of thioether (sulfide) groups is 1. The normalized spacial score (nSPS) is 18.4. The number of hydrogen-bond donors (Lipinski definition) is 1. The molecular weight excluding hydrogens is 360 g/mol. The zero-order chi connectivity index (χ0) is 19.0. The summed E-state index contributed by atoms with van der Waals surface area (Å²) in [4.78, 5) is 28.1. The molecule has 0 spiro atoms. The summed E-state index contributed by atoms with van der Waals surface area (Å²) in [5.41, 5.74) is 2.42. The Morgan fingerprint density at radius 2 is 1.96 bits per heavy atom. The van der Waals surface area contributed by atoms with Gasteiger partial charge < -0.3 is 15.0 Å². The summed E-state index contributed by atoms with van der Waals surface area (Å²) in [5.74, 6) is 0.795. The van der Waals surface area contributed by atoms with E-state index < -0.39 is 0 Å². The fourth-order valence-corrected chi connectivity index (χ4v) is 4.12. The zero-order valence-corrected chi connectivity index (χ0v) is 16.2. The third-order valence-electron chi connectivity index (χ3n) is 4.92. The van der Waals surface area contributed by atoms with Crippen LogP contribution < -0.4 is 10.1 Å². The Morgan fingerprint density at radius 3 is 2.63 bits per heavy atom. The minimum Gasteiger partial charge on any atom is -0.497 e. The van der Waals surface area contributed by atoms with Gasteiger partial charge in [-0.25, -0.2) is 0 Å². The lowest BCUT2D eigenvalue weighted by atomic mass is 10.1. The summed E-state index contributed by atoms with van der Waals surface area (Å²) >= 11 is 1.52. The summed E-state index contributed by atoms with van der Waals surface area (Å²) in [6, 6.07) is 13.7. The Morgan fingerprint density at radius 1 is 1.22 bits per heavy atom. The van der Waals surface area contributed by atoms with Crippen molar-refractivity contribution in [1.29, 1.82) is 0 Å². The summed E-state index contributed by atoms with van der Waals surface area (Å²) in [6.07, 6.45) is 2.08. The number of hydrogen-bond acceptors (Lipinski definition) is 4. The molecule has 0 bridgehead atoms.